The highest BCUT2D eigenvalue weighted by Gasteiger charge is 2.30. The van der Waals surface area contributed by atoms with Crippen LogP contribution in [0.15, 0.2) is 18.2 Å². The van der Waals surface area contributed by atoms with Crippen LogP contribution in [0.4, 0.5) is 13.2 Å². The topological polar surface area (TPSA) is 0 Å². The molecule has 0 fully saturated rings. The average Bonchev–Trinajstić information content (AvgIpc) is 2.16. The van der Waals surface area contributed by atoms with Gasteiger partial charge in [-0.3, -0.25) is 0 Å². The van der Waals surface area contributed by atoms with E-state index in [9.17, 15) is 13.2 Å². The summed E-state index contributed by atoms with van der Waals surface area (Å²) in [4.78, 5) is 0. The SMILES string of the molecule is CCC.CCc1cc(C)cc(C(F)(F)F)c1. The van der Waals surface area contributed by atoms with Gasteiger partial charge in [0.2, 0.25) is 0 Å². The standard InChI is InChI=1S/C10H11F3.C3H8/c1-3-8-4-7(2)5-9(6-8)10(11,12)13;1-3-2/h4-6H,3H2,1-2H3;3H2,1-2H3. The summed E-state index contributed by atoms with van der Waals surface area (Å²) in [5.74, 6) is 0. The van der Waals surface area contributed by atoms with Crippen LogP contribution in [0, 0.1) is 6.92 Å². The molecule has 0 spiro atoms. The maximum absolute atomic E-state index is 12.3. The summed E-state index contributed by atoms with van der Waals surface area (Å²) in [7, 11) is 0. The van der Waals surface area contributed by atoms with Crippen LogP contribution < -0.4 is 0 Å². The highest BCUT2D eigenvalue weighted by Crippen LogP contribution is 2.30. The second-order valence-electron chi connectivity index (χ2n) is 3.77. The molecule has 0 aliphatic rings. The molecule has 0 aromatic heterocycles. The Morgan fingerprint density at radius 3 is 1.88 bits per heavy atom. The van der Waals surface area contributed by atoms with Gasteiger partial charge >= 0.3 is 6.18 Å². The van der Waals surface area contributed by atoms with Gasteiger partial charge in [0, 0.05) is 0 Å². The first kappa shape index (κ1) is 15.0. The highest BCUT2D eigenvalue weighted by atomic mass is 19.4. The summed E-state index contributed by atoms with van der Waals surface area (Å²) >= 11 is 0. The summed E-state index contributed by atoms with van der Waals surface area (Å²) in [5.41, 5.74) is 0.836. The van der Waals surface area contributed by atoms with Crippen LogP contribution in [0.2, 0.25) is 0 Å². The van der Waals surface area contributed by atoms with E-state index >= 15 is 0 Å². The van der Waals surface area contributed by atoms with E-state index in [1.54, 1.807) is 13.0 Å². The lowest BCUT2D eigenvalue weighted by Crippen LogP contribution is -2.05. The van der Waals surface area contributed by atoms with Gasteiger partial charge in [0.1, 0.15) is 0 Å². The summed E-state index contributed by atoms with van der Waals surface area (Å²) in [6.07, 6.45) is -2.35. The van der Waals surface area contributed by atoms with Crippen molar-refractivity contribution in [2.45, 2.75) is 46.7 Å². The molecule has 3 heteroatoms. The normalized spacial score (nSPS) is 10.7. The van der Waals surface area contributed by atoms with Crippen LogP contribution in [0.3, 0.4) is 0 Å². The number of alkyl halides is 3. The van der Waals surface area contributed by atoms with E-state index in [4.69, 9.17) is 0 Å². The summed E-state index contributed by atoms with van der Waals surface area (Å²) < 4.78 is 36.9. The molecule has 1 aromatic carbocycles. The van der Waals surface area contributed by atoms with Gasteiger partial charge in [-0.1, -0.05) is 38.8 Å². The average molecular weight is 232 g/mol. The summed E-state index contributed by atoms with van der Waals surface area (Å²) in [5, 5.41) is 0. The van der Waals surface area contributed by atoms with Gasteiger partial charge in [-0.25, -0.2) is 0 Å². The molecule has 92 valence electrons. The molecule has 0 N–H and O–H groups in total. The lowest BCUT2D eigenvalue weighted by Gasteiger charge is -2.09. The first-order valence-corrected chi connectivity index (χ1v) is 5.52. The maximum Gasteiger partial charge on any atom is 0.416 e. The molecule has 0 nitrogen and oxygen atoms in total. The third-order valence-electron chi connectivity index (χ3n) is 1.87. The monoisotopic (exact) mass is 232 g/mol. The van der Waals surface area contributed by atoms with Gasteiger partial charge in [-0.15, -0.1) is 0 Å². The predicted octanol–water partition coefficient (Wildman–Crippen LogP) is 4.99. The number of hydrogen-bond donors (Lipinski definition) is 0. The summed E-state index contributed by atoms with van der Waals surface area (Å²) in [6.45, 7) is 7.77. The van der Waals surface area contributed by atoms with Crippen molar-refractivity contribution in [1.82, 2.24) is 0 Å². The largest absolute Gasteiger partial charge is 0.416 e. The Kier molecular flexibility index (Phi) is 6.16. The molecular weight excluding hydrogens is 213 g/mol. The fourth-order valence-electron chi connectivity index (χ4n) is 1.23. The van der Waals surface area contributed by atoms with E-state index in [0.29, 0.717) is 12.0 Å². The van der Waals surface area contributed by atoms with Crippen molar-refractivity contribution in [3.63, 3.8) is 0 Å². The van der Waals surface area contributed by atoms with Crippen LogP contribution in [-0.2, 0) is 12.6 Å². The van der Waals surface area contributed by atoms with Crippen LogP contribution in [0.5, 0.6) is 0 Å². The Labute approximate surface area is 95.5 Å². The number of hydrogen-bond acceptors (Lipinski definition) is 0. The Balaban J connectivity index is 0.000000673. The number of rotatable bonds is 1. The van der Waals surface area contributed by atoms with Crippen LogP contribution >= 0.6 is 0 Å². The fraction of sp³-hybridized carbons (Fsp3) is 0.538. The highest BCUT2D eigenvalue weighted by molar-refractivity contribution is 5.31. The minimum atomic E-state index is -4.23. The van der Waals surface area contributed by atoms with Crippen molar-refractivity contribution >= 4 is 0 Å². The Bertz CT molecular complexity index is 313. The third-order valence-corrected chi connectivity index (χ3v) is 1.87. The van der Waals surface area contributed by atoms with E-state index in [1.807, 2.05) is 6.92 Å². The van der Waals surface area contributed by atoms with E-state index in [2.05, 4.69) is 13.8 Å². The molecule has 0 bridgehead atoms. The smallest absolute Gasteiger partial charge is 0.166 e. The van der Waals surface area contributed by atoms with Gasteiger partial charge in [0.25, 0.3) is 0 Å². The molecule has 1 rings (SSSR count). The molecule has 0 radical (unpaired) electrons. The van der Waals surface area contributed by atoms with Crippen molar-refractivity contribution in [3.8, 4) is 0 Å². The first-order chi connectivity index (χ1) is 7.35. The van der Waals surface area contributed by atoms with E-state index < -0.39 is 11.7 Å². The predicted molar refractivity (Wildman–Crippen MR) is 61.5 cm³/mol. The number of benzene rings is 1. The Morgan fingerprint density at radius 1 is 1.00 bits per heavy atom. The zero-order valence-electron chi connectivity index (χ0n) is 10.3. The third kappa shape index (κ3) is 5.19. The lowest BCUT2D eigenvalue weighted by molar-refractivity contribution is -0.137. The van der Waals surface area contributed by atoms with Gasteiger partial charge in [-0.05, 0) is 31.0 Å². The van der Waals surface area contributed by atoms with E-state index in [0.717, 1.165) is 5.56 Å². The van der Waals surface area contributed by atoms with Crippen molar-refractivity contribution < 1.29 is 13.2 Å². The number of halogens is 3. The molecule has 0 unspecified atom stereocenters. The molecule has 0 heterocycles. The minimum Gasteiger partial charge on any atom is -0.166 e. The fourth-order valence-corrected chi connectivity index (χ4v) is 1.23. The Morgan fingerprint density at radius 2 is 1.50 bits per heavy atom. The van der Waals surface area contributed by atoms with Crippen LogP contribution in [0.25, 0.3) is 0 Å². The molecule has 0 saturated carbocycles. The second-order valence-corrected chi connectivity index (χ2v) is 3.77. The lowest BCUT2D eigenvalue weighted by atomic mass is 10.0. The van der Waals surface area contributed by atoms with Gasteiger partial charge in [0.15, 0.2) is 0 Å². The second kappa shape index (κ2) is 6.56. The molecule has 0 saturated heterocycles. The van der Waals surface area contributed by atoms with Crippen LogP contribution in [0.1, 0.15) is 43.9 Å². The van der Waals surface area contributed by atoms with Crippen molar-refractivity contribution in [1.29, 1.82) is 0 Å². The molecule has 0 amide bonds. The maximum atomic E-state index is 12.3. The molecule has 0 aliphatic carbocycles. The first-order valence-electron chi connectivity index (χ1n) is 5.52. The van der Waals surface area contributed by atoms with Gasteiger partial charge in [-0.2, -0.15) is 13.2 Å². The van der Waals surface area contributed by atoms with Crippen molar-refractivity contribution in [2.75, 3.05) is 0 Å². The molecule has 0 atom stereocenters. The Hall–Kier alpha value is -0.990. The van der Waals surface area contributed by atoms with Crippen LogP contribution in [-0.4, -0.2) is 0 Å². The molecule has 1 aromatic rings. The molecule has 16 heavy (non-hydrogen) atoms. The zero-order chi connectivity index (χ0) is 12.8. The van der Waals surface area contributed by atoms with Crippen molar-refractivity contribution in [2.24, 2.45) is 0 Å². The number of aryl methyl sites for hydroxylation is 2. The van der Waals surface area contributed by atoms with E-state index in [-0.39, 0.29) is 0 Å². The molecular formula is C13H19F3. The molecule has 0 aliphatic heterocycles. The zero-order valence-corrected chi connectivity index (χ0v) is 10.3. The van der Waals surface area contributed by atoms with Gasteiger partial charge in [0.05, 0.1) is 5.56 Å². The minimum absolute atomic E-state index is 0.552. The van der Waals surface area contributed by atoms with Gasteiger partial charge < -0.3 is 0 Å². The quantitative estimate of drug-likeness (QED) is 0.639. The summed E-state index contributed by atoms with van der Waals surface area (Å²) in [6, 6.07) is 4.14. The van der Waals surface area contributed by atoms with E-state index in [1.165, 1.54) is 18.6 Å². The van der Waals surface area contributed by atoms with Crippen molar-refractivity contribution in [3.05, 3.63) is 34.9 Å².